The molecule has 0 aromatic carbocycles. The van der Waals surface area contributed by atoms with Gasteiger partial charge in [0.1, 0.15) is 0 Å². The van der Waals surface area contributed by atoms with Gasteiger partial charge in [-0.15, -0.1) is 5.92 Å². The van der Waals surface area contributed by atoms with Gasteiger partial charge in [0.2, 0.25) is 0 Å². The molecule has 0 heterocycles. The minimum atomic E-state index is -0.245. The van der Waals surface area contributed by atoms with Crippen molar-refractivity contribution in [3.8, 4) is 11.8 Å². The summed E-state index contributed by atoms with van der Waals surface area (Å²) in [6.45, 7) is 4.08. The quantitative estimate of drug-likeness (QED) is 0.526. The summed E-state index contributed by atoms with van der Waals surface area (Å²) in [7, 11) is 0. The molecule has 0 saturated heterocycles. The van der Waals surface area contributed by atoms with Crippen molar-refractivity contribution in [1.29, 1.82) is 0 Å². The molecular weight excluding hydrogens is 172 g/mol. The maximum Gasteiger partial charge on any atom is 0.0677 e. The lowest BCUT2D eigenvalue weighted by Crippen LogP contribution is -2.15. The van der Waals surface area contributed by atoms with Gasteiger partial charge in [-0.3, -0.25) is 0 Å². The summed E-state index contributed by atoms with van der Waals surface area (Å²) >= 11 is 0. The van der Waals surface area contributed by atoms with Crippen LogP contribution in [-0.2, 0) is 0 Å². The van der Waals surface area contributed by atoms with Crippen LogP contribution in [0, 0.1) is 17.3 Å². The Bertz CT molecular complexity index is 215. The third-order valence-corrected chi connectivity index (χ3v) is 3.08. The summed E-state index contributed by atoms with van der Waals surface area (Å²) in [5.74, 6) is 6.46. The van der Waals surface area contributed by atoms with Crippen molar-refractivity contribution in [3.63, 3.8) is 0 Å². The first-order valence-corrected chi connectivity index (χ1v) is 5.89. The average molecular weight is 194 g/mol. The molecule has 0 aromatic rings. The van der Waals surface area contributed by atoms with Crippen molar-refractivity contribution in [2.75, 3.05) is 0 Å². The Morgan fingerprint density at radius 3 is 2.50 bits per heavy atom. The molecule has 1 unspecified atom stereocenters. The third-order valence-electron chi connectivity index (χ3n) is 3.08. The van der Waals surface area contributed by atoms with Crippen LogP contribution in [0.1, 0.15) is 58.8 Å². The first kappa shape index (κ1) is 11.6. The van der Waals surface area contributed by atoms with Gasteiger partial charge in [-0.1, -0.05) is 32.1 Å². The summed E-state index contributed by atoms with van der Waals surface area (Å²) in [5.41, 5.74) is -0.00917. The molecule has 1 heteroatoms. The number of hydrogen-bond donors (Lipinski definition) is 1. The first-order valence-electron chi connectivity index (χ1n) is 5.89. The van der Waals surface area contributed by atoms with E-state index in [2.05, 4.69) is 18.8 Å². The van der Waals surface area contributed by atoms with Crippen molar-refractivity contribution >= 4 is 0 Å². The van der Waals surface area contributed by atoms with Crippen molar-refractivity contribution in [2.24, 2.45) is 5.41 Å². The van der Waals surface area contributed by atoms with Crippen LogP contribution in [-0.4, -0.2) is 11.2 Å². The van der Waals surface area contributed by atoms with Gasteiger partial charge in [0, 0.05) is 6.42 Å². The number of unbranched alkanes of at least 4 members (excludes halogenated alkanes) is 4. The minimum Gasteiger partial charge on any atom is -0.392 e. The van der Waals surface area contributed by atoms with Gasteiger partial charge in [0.05, 0.1) is 11.5 Å². The monoisotopic (exact) mass is 194 g/mol. The molecule has 1 nitrogen and oxygen atoms in total. The average Bonchev–Trinajstić information content (AvgIpc) is 2.92. The molecule has 1 N–H and O–H groups in total. The Kier molecular flexibility index (Phi) is 4.48. The highest BCUT2D eigenvalue weighted by molar-refractivity contribution is 5.21. The van der Waals surface area contributed by atoms with E-state index in [9.17, 15) is 5.11 Å². The van der Waals surface area contributed by atoms with Crippen LogP contribution in [0.3, 0.4) is 0 Å². The van der Waals surface area contributed by atoms with Gasteiger partial charge >= 0.3 is 0 Å². The van der Waals surface area contributed by atoms with E-state index in [4.69, 9.17) is 0 Å². The predicted octanol–water partition coefficient (Wildman–Crippen LogP) is 3.12. The maximum absolute atomic E-state index is 9.48. The molecule has 0 spiro atoms. The molecule has 0 amide bonds. The Morgan fingerprint density at radius 2 is 2.00 bits per heavy atom. The zero-order valence-corrected chi connectivity index (χ0v) is 9.47. The highest BCUT2D eigenvalue weighted by Gasteiger charge is 2.45. The molecule has 1 aliphatic rings. The Hall–Kier alpha value is -0.480. The van der Waals surface area contributed by atoms with Crippen LogP contribution < -0.4 is 0 Å². The summed E-state index contributed by atoms with van der Waals surface area (Å²) < 4.78 is 0. The summed E-state index contributed by atoms with van der Waals surface area (Å²) in [5, 5.41) is 9.48. The van der Waals surface area contributed by atoms with Crippen LogP contribution >= 0.6 is 0 Å². The van der Waals surface area contributed by atoms with Crippen molar-refractivity contribution in [3.05, 3.63) is 0 Å². The highest BCUT2D eigenvalue weighted by atomic mass is 16.3. The summed E-state index contributed by atoms with van der Waals surface area (Å²) in [6, 6.07) is 0. The van der Waals surface area contributed by atoms with Crippen LogP contribution in [0.15, 0.2) is 0 Å². The molecule has 1 rings (SSSR count). The van der Waals surface area contributed by atoms with Crippen LogP contribution in [0.2, 0.25) is 0 Å². The van der Waals surface area contributed by atoms with Crippen molar-refractivity contribution in [1.82, 2.24) is 0 Å². The molecule has 0 aromatic heterocycles. The van der Waals surface area contributed by atoms with Crippen LogP contribution in [0.5, 0.6) is 0 Å². The largest absolute Gasteiger partial charge is 0.392 e. The van der Waals surface area contributed by atoms with Crippen molar-refractivity contribution in [2.45, 2.75) is 64.9 Å². The molecule has 1 fully saturated rings. The van der Waals surface area contributed by atoms with Crippen molar-refractivity contribution < 1.29 is 5.11 Å². The molecule has 0 radical (unpaired) electrons. The fraction of sp³-hybridized carbons (Fsp3) is 0.846. The first-order chi connectivity index (χ1) is 6.71. The normalized spacial score (nSPS) is 19.6. The number of aliphatic hydroxyl groups excluding tert-OH is 1. The molecule has 14 heavy (non-hydrogen) atoms. The zero-order chi connectivity index (χ0) is 10.4. The molecule has 1 saturated carbocycles. The number of rotatable bonds is 5. The van der Waals surface area contributed by atoms with E-state index in [1.54, 1.807) is 0 Å². The predicted molar refractivity (Wildman–Crippen MR) is 59.9 cm³/mol. The molecule has 0 bridgehead atoms. The fourth-order valence-corrected chi connectivity index (χ4v) is 1.66. The van der Waals surface area contributed by atoms with Crippen LogP contribution in [0.4, 0.5) is 0 Å². The Morgan fingerprint density at radius 1 is 1.29 bits per heavy atom. The van der Waals surface area contributed by atoms with E-state index >= 15 is 0 Å². The van der Waals surface area contributed by atoms with Gasteiger partial charge in [0.15, 0.2) is 0 Å². The number of aliphatic hydroxyl groups is 1. The van der Waals surface area contributed by atoms with Gasteiger partial charge in [-0.2, -0.15) is 0 Å². The van der Waals surface area contributed by atoms with E-state index in [1.165, 1.54) is 25.7 Å². The standard InChI is InChI=1S/C13H22O/c1-3-4-5-6-7-8-9-13(10-11-13)12(2)14/h12,14H,3-7,10-11H2,1-2H3. The smallest absolute Gasteiger partial charge is 0.0677 e. The van der Waals surface area contributed by atoms with Gasteiger partial charge in [0.25, 0.3) is 0 Å². The summed E-state index contributed by atoms with van der Waals surface area (Å²) in [4.78, 5) is 0. The Balaban J connectivity index is 2.14. The second-order valence-corrected chi connectivity index (χ2v) is 4.44. The third kappa shape index (κ3) is 3.35. The SMILES string of the molecule is CCCCCCC#CC1(C(C)O)CC1. The van der Waals surface area contributed by atoms with Gasteiger partial charge < -0.3 is 5.11 Å². The molecule has 1 aliphatic carbocycles. The highest BCUT2D eigenvalue weighted by Crippen LogP contribution is 2.48. The van der Waals surface area contributed by atoms with E-state index in [0.29, 0.717) is 0 Å². The molecular formula is C13H22O. The Labute approximate surface area is 87.9 Å². The summed E-state index contributed by atoms with van der Waals surface area (Å²) in [6.07, 6.45) is 8.07. The van der Waals surface area contributed by atoms with Crippen LogP contribution in [0.25, 0.3) is 0 Å². The zero-order valence-electron chi connectivity index (χ0n) is 9.47. The minimum absolute atomic E-state index is 0.00917. The lowest BCUT2D eigenvalue weighted by molar-refractivity contribution is 0.142. The number of hydrogen-bond acceptors (Lipinski definition) is 1. The van der Waals surface area contributed by atoms with Gasteiger partial charge in [-0.25, -0.2) is 0 Å². The second-order valence-electron chi connectivity index (χ2n) is 4.44. The van der Waals surface area contributed by atoms with E-state index < -0.39 is 0 Å². The van der Waals surface area contributed by atoms with E-state index in [1.807, 2.05) is 6.92 Å². The van der Waals surface area contributed by atoms with E-state index in [-0.39, 0.29) is 11.5 Å². The molecule has 0 aliphatic heterocycles. The van der Waals surface area contributed by atoms with Gasteiger partial charge in [-0.05, 0) is 26.2 Å². The second kappa shape index (κ2) is 5.41. The lowest BCUT2D eigenvalue weighted by Gasteiger charge is -2.09. The molecule has 1 atom stereocenters. The maximum atomic E-state index is 9.48. The lowest BCUT2D eigenvalue weighted by atomic mass is 10.0. The fourth-order valence-electron chi connectivity index (χ4n) is 1.66. The molecule has 80 valence electrons. The van der Waals surface area contributed by atoms with E-state index in [0.717, 1.165) is 19.3 Å². The topological polar surface area (TPSA) is 20.2 Å².